The third-order valence-corrected chi connectivity index (χ3v) is 5.31. The van der Waals surface area contributed by atoms with E-state index in [4.69, 9.17) is 32.5 Å². The predicted molar refractivity (Wildman–Crippen MR) is 98.3 cm³/mol. The van der Waals surface area contributed by atoms with Gasteiger partial charge in [-0.25, -0.2) is 0 Å². The normalized spacial score (nSPS) is 15.2. The van der Waals surface area contributed by atoms with Crippen LogP contribution in [0.1, 0.15) is 31.2 Å². The van der Waals surface area contributed by atoms with Crippen molar-refractivity contribution in [3.63, 3.8) is 0 Å². The molecule has 1 aliphatic carbocycles. The van der Waals surface area contributed by atoms with Crippen LogP contribution in [0.5, 0.6) is 5.75 Å². The van der Waals surface area contributed by atoms with E-state index in [0.29, 0.717) is 33.6 Å². The van der Waals surface area contributed by atoms with Crippen LogP contribution in [0.4, 0.5) is 0 Å². The molecule has 2 heterocycles. The van der Waals surface area contributed by atoms with Crippen molar-refractivity contribution in [2.75, 3.05) is 0 Å². The van der Waals surface area contributed by atoms with Crippen molar-refractivity contribution in [2.45, 2.75) is 32.9 Å². The fourth-order valence-corrected chi connectivity index (χ4v) is 3.36. The van der Waals surface area contributed by atoms with Gasteiger partial charge in [-0.2, -0.15) is 0 Å². The van der Waals surface area contributed by atoms with Crippen molar-refractivity contribution >= 4 is 40.0 Å². The van der Waals surface area contributed by atoms with Gasteiger partial charge in [0, 0.05) is 22.6 Å². The lowest BCUT2D eigenvalue weighted by molar-refractivity contribution is -0.125. The first-order valence-corrected chi connectivity index (χ1v) is 9.02. The summed E-state index contributed by atoms with van der Waals surface area (Å²) in [5.74, 6) is 0.462. The maximum atomic E-state index is 12.1. The van der Waals surface area contributed by atoms with Gasteiger partial charge in [-0.3, -0.25) is 4.79 Å². The molecular weight excluding hydrogens is 377 g/mol. The molecular formula is C18H17Cl2N3O3. The molecule has 0 bridgehead atoms. The summed E-state index contributed by atoms with van der Waals surface area (Å²) in [6.45, 7) is 2.58. The van der Waals surface area contributed by atoms with E-state index >= 15 is 0 Å². The number of fused-ring (bicyclic) bond motifs is 1. The lowest BCUT2D eigenvalue weighted by Crippen LogP contribution is -2.29. The second-order valence-corrected chi connectivity index (χ2v) is 7.57. The Hall–Kier alpha value is -2.18. The second kappa shape index (κ2) is 6.52. The number of aromatic amines is 1. The van der Waals surface area contributed by atoms with Crippen LogP contribution in [0.2, 0.25) is 10.0 Å². The second-order valence-electron chi connectivity index (χ2n) is 6.78. The summed E-state index contributed by atoms with van der Waals surface area (Å²) in [5.41, 5.74) is 2.01. The number of amides is 1. The predicted octanol–water partition coefficient (Wildman–Crippen LogP) is 4.46. The minimum atomic E-state index is -0.199. The van der Waals surface area contributed by atoms with Gasteiger partial charge in [0.1, 0.15) is 23.6 Å². The van der Waals surface area contributed by atoms with E-state index in [2.05, 4.69) is 15.5 Å². The number of nitrogens with zero attached hydrogens (tertiary/aromatic N) is 1. The fraction of sp³-hybridized carbons (Fsp3) is 0.333. The molecule has 0 saturated heterocycles. The summed E-state index contributed by atoms with van der Waals surface area (Å²) in [6, 6.07) is 5.41. The Labute approximate surface area is 159 Å². The van der Waals surface area contributed by atoms with Crippen LogP contribution >= 0.6 is 23.2 Å². The van der Waals surface area contributed by atoms with Crippen LogP contribution < -0.4 is 10.1 Å². The molecule has 1 saturated carbocycles. The van der Waals surface area contributed by atoms with Gasteiger partial charge in [0.2, 0.25) is 5.91 Å². The molecule has 1 fully saturated rings. The quantitative estimate of drug-likeness (QED) is 0.647. The summed E-state index contributed by atoms with van der Waals surface area (Å²) in [6.07, 6.45) is 3.36. The molecule has 136 valence electrons. The number of aromatic nitrogens is 2. The highest BCUT2D eigenvalue weighted by Gasteiger charge is 2.44. The standard InChI is InChI=1S/C18H17Cl2N3O3/c1-18(3-4-18)17(24)21-8-12-6-10-7-13(19)16(14(20)15(10)22-12)25-9-11-2-5-26-23-11/h2,5-7,22H,3-4,8-9H2,1H3,(H,21,24). The SMILES string of the molecule is CC1(C(=O)NCc2cc3cc(Cl)c(OCc4ccon4)c(Cl)c3[nH]2)CC1. The smallest absolute Gasteiger partial charge is 0.226 e. The van der Waals surface area contributed by atoms with E-state index in [1.54, 1.807) is 12.1 Å². The van der Waals surface area contributed by atoms with E-state index in [1.165, 1.54) is 6.26 Å². The number of hydrogen-bond donors (Lipinski definition) is 2. The van der Waals surface area contributed by atoms with Gasteiger partial charge in [0.25, 0.3) is 0 Å². The fourth-order valence-electron chi connectivity index (χ4n) is 2.73. The van der Waals surface area contributed by atoms with Crippen LogP contribution in [0.25, 0.3) is 10.9 Å². The number of carbonyl (C=O) groups excluding carboxylic acids is 1. The Morgan fingerprint density at radius 1 is 1.42 bits per heavy atom. The zero-order valence-corrected chi connectivity index (χ0v) is 15.6. The molecule has 8 heteroatoms. The van der Waals surface area contributed by atoms with Crippen molar-refractivity contribution in [3.8, 4) is 5.75 Å². The number of halogens is 2. The summed E-state index contributed by atoms with van der Waals surface area (Å²) in [4.78, 5) is 15.3. The Morgan fingerprint density at radius 3 is 2.92 bits per heavy atom. The lowest BCUT2D eigenvalue weighted by atomic mass is 10.1. The summed E-state index contributed by atoms with van der Waals surface area (Å²) in [5, 5.41) is 8.40. The van der Waals surface area contributed by atoms with Gasteiger partial charge in [0.05, 0.1) is 17.1 Å². The Balaban J connectivity index is 1.53. The highest BCUT2D eigenvalue weighted by Crippen LogP contribution is 2.45. The number of hydrogen-bond acceptors (Lipinski definition) is 4. The molecule has 0 spiro atoms. The van der Waals surface area contributed by atoms with Crippen LogP contribution in [-0.2, 0) is 17.9 Å². The molecule has 3 aromatic rings. The number of ether oxygens (including phenoxy) is 1. The molecule has 1 amide bonds. The molecule has 0 radical (unpaired) electrons. The van der Waals surface area contributed by atoms with Crippen molar-refractivity contribution in [1.82, 2.24) is 15.5 Å². The molecule has 1 aliphatic rings. The summed E-state index contributed by atoms with van der Waals surface area (Å²) >= 11 is 12.8. The number of benzene rings is 1. The van der Waals surface area contributed by atoms with Gasteiger partial charge in [-0.05, 0) is 25.0 Å². The zero-order valence-electron chi connectivity index (χ0n) is 14.1. The maximum Gasteiger partial charge on any atom is 0.226 e. The van der Waals surface area contributed by atoms with Crippen molar-refractivity contribution < 1.29 is 14.1 Å². The maximum absolute atomic E-state index is 12.1. The van der Waals surface area contributed by atoms with E-state index in [-0.39, 0.29) is 17.9 Å². The molecule has 2 N–H and O–H groups in total. The lowest BCUT2D eigenvalue weighted by Gasteiger charge is -2.09. The first-order valence-electron chi connectivity index (χ1n) is 8.26. The van der Waals surface area contributed by atoms with Gasteiger partial charge in [-0.1, -0.05) is 35.3 Å². The first kappa shape index (κ1) is 17.2. The average Bonchev–Trinajstić information content (AvgIpc) is 3.01. The molecule has 6 nitrogen and oxygen atoms in total. The largest absolute Gasteiger partial charge is 0.484 e. The third-order valence-electron chi connectivity index (χ3n) is 4.67. The van der Waals surface area contributed by atoms with Gasteiger partial charge >= 0.3 is 0 Å². The number of rotatable bonds is 6. The van der Waals surface area contributed by atoms with E-state index < -0.39 is 0 Å². The molecule has 1 aromatic carbocycles. The van der Waals surface area contributed by atoms with Crippen molar-refractivity contribution in [2.24, 2.45) is 5.41 Å². The highest BCUT2D eigenvalue weighted by atomic mass is 35.5. The number of carbonyl (C=O) groups is 1. The highest BCUT2D eigenvalue weighted by molar-refractivity contribution is 6.40. The molecule has 0 aliphatic heterocycles. The van der Waals surface area contributed by atoms with Gasteiger partial charge in [-0.15, -0.1) is 0 Å². The zero-order chi connectivity index (χ0) is 18.3. The molecule has 4 rings (SSSR count). The molecule has 26 heavy (non-hydrogen) atoms. The molecule has 0 atom stereocenters. The van der Waals surface area contributed by atoms with Crippen molar-refractivity contribution in [3.05, 3.63) is 45.9 Å². The van der Waals surface area contributed by atoms with E-state index in [9.17, 15) is 4.79 Å². The van der Waals surface area contributed by atoms with Crippen LogP contribution in [0.3, 0.4) is 0 Å². The van der Waals surface area contributed by atoms with E-state index in [1.807, 2.05) is 13.0 Å². The monoisotopic (exact) mass is 393 g/mol. The third kappa shape index (κ3) is 3.27. The topological polar surface area (TPSA) is 80.2 Å². The van der Waals surface area contributed by atoms with Gasteiger partial charge in [0.15, 0.2) is 5.75 Å². The van der Waals surface area contributed by atoms with Crippen LogP contribution in [-0.4, -0.2) is 16.0 Å². The average molecular weight is 394 g/mol. The first-order chi connectivity index (χ1) is 12.5. The van der Waals surface area contributed by atoms with E-state index in [0.717, 1.165) is 23.9 Å². The van der Waals surface area contributed by atoms with Gasteiger partial charge < -0.3 is 19.6 Å². The Morgan fingerprint density at radius 2 is 2.23 bits per heavy atom. The van der Waals surface area contributed by atoms with Crippen LogP contribution in [0.15, 0.2) is 29.0 Å². The summed E-state index contributed by atoms with van der Waals surface area (Å²) in [7, 11) is 0. The van der Waals surface area contributed by atoms with Crippen molar-refractivity contribution in [1.29, 1.82) is 0 Å². The Bertz CT molecular complexity index is 962. The Kier molecular flexibility index (Phi) is 4.32. The molecule has 2 aromatic heterocycles. The summed E-state index contributed by atoms with van der Waals surface area (Å²) < 4.78 is 10.5. The number of nitrogens with one attached hydrogen (secondary N) is 2. The minimum absolute atomic E-state index is 0.0805. The van der Waals surface area contributed by atoms with Crippen LogP contribution in [0, 0.1) is 5.41 Å². The molecule has 0 unspecified atom stereocenters. The number of H-pyrrole nitrogens is 1. The minimum Gasteiger partial charge on any atom is -0.484 e.